The van der Waals surface area contributed by atoms with Crippen LogP contribution in [0.1, 0.15) is 44.4 Å². The molecule has 1 aliphatic rings. The van der Waals surface area contributed by atoms with Gasteiger partial charge in [-0.1, -0.05) is 19.9 Å². The summed E-state index contributed by atoms with van der Waals surface area (Å²) in [6.45, 7) is 5.49. The first-order chi connectivity index (χ1) is 14.2. The van der Waals surface area contributed by atoms with Gasteiger partial charge >= 0.3 is 6.03 Å². The number of fused-ring (bicyclic) bond motifs is 1. The lowest BCUT2D eigenvalue weighted by Gasteiger charge is -2.36. The van der Waals surface area contributed by atoms with E-state index in [0.717, 1.165) is 12.1 Å². The van der Waals surface area contributed by atoms with Gasteiger partial charge in [-0.25, -0.2) is 18.0 Å². The van der Waals surface area contributed by atoms with Gasteiger partial charge in [-0.3, -0.25) is 4.79 Å². The molecule has 3 rings (SSSR count). The smallest absolute Gasteiger partial charge is 0.322 e. The van der Waals surface area contributed by atoms with E-state index in [4.69, 9.17) is 0 Å². The maximum Gasteiger partial charge on any atom is 0.322 e. The molecule has 0 aliphatic carbocycles. The zero-order valence-corrected chi connectivity index (χ0v) is 17.0. The highest BCUT2D eigenvalue weighted by atomic mass is 19.1. The lowest BCUT2D eigenvalue weighted by molar-refractivity contribution is -0.126. The third-order valence-electron chi connectivity index (χ3n) is 5.07. The first-order valence-corrected chi connectivity index (χ1v) is 9.77. The molecule has 0 aromatic heterocycles. The fraction of sp³-hybridized carbons (Fsp3) is 0.364. The van der Waals surface area contributed by atoms with Crippen LogP contribution < -0.4 is 10.6 Å². The summed E-state index contributed by atoms with van der Waals surface area (Å²) in [6, 6.07) is 5.18. The molecule has 5 nitrogen and oxygen atoms in total. The largest absolute Gasteiger partial charge is 0.348 e. The van der Waals surface area contributed by atoms with Crippen LogP contribution in [0.3, 0.4) is 0 Å². The molecule has 0 saturated carbocycles. The molecule has 2 aromatic rings. The number of halogens is 3. The highest BCUT2D eigenvalue weighted by Gasteiger charge is 2.34. The molecule has 0 fully saturated rings. The van der Waals surface area contributed by atoms with Crippen molar-refractivity contribution in [2.75, 3.05) is 5.32 Å². The van der Waals surface area contributed by atoms with Crippen LogP contribution in [0, 0.1) is 23.4 Å². The average molecular weight is 419 g/mol. The van der Waals surface area contributed by atoms with Crippen LogP contribution in [0.4, 0.5) is 23.7 Å². The minimum absolute atomic E-state index is 0.0724. The van der Waals surface area contributed by atoms with E-state index in [1.165, 1.54) is 29.2 Å². The van der Waals surface area contributed by atoms with Crippen LogP contribution in [0.2, 0.25) is 0 Å². The molecule has 0 unspecified atom stereocenters. The van der Waals surface area contributed by atoms with E-state index in [1.807, 2.05) is 13.8 Å². The summed E-state index contributed by atoms with van der Waals surface area (Å²) in [5.41, 5.74) is 1.21. The molecule has 2 aromatic carbocycles. The minimum Gasteiger partial charge on any atom is -0.348 e. The topological polar surface area (TPSA) is 61.4 Å². The summed E-state index contributed by atoms with van der Waals surface area (Å²) in [7, 11) is 0. The molecular formula is C22H24F3N3O2. The molecule has 30 heavy (non-hydrogen) atoms. The van der Waals surface area contributed by atoms with Crippen molar-refractivity contribution >= 4 is 17.6 Å². The number of carbonyl (C=O) groups excluding carboxylic acids is 2. The molecule has 8 heteroatoms. The van der Waals surface area contributed by atoms with Crippen molar-refractivity contribution in [1.82, 2.24) is 10.2 Å². The van der Waals surface area contributed by atoms with E-state index in [1.54, 1.807) is 6.92 Å². The van der Waals surface area contributed by atoms with Gasteiger partial charge < -0.3 is 15.5 Å². The average Bonchev–Trinajstić information content (AvgIpc) is 2.65. The summed E-state index contributed by atoms with van der Waals surface area (Å²) < 4.78 is 40.9. The van der Waals surface area contributed by atoms with Gasteiger partial charge in [-0.15, -0.1) is 0 Å². The Morgan fingerprint density at radius 1 is 1.10 bits per heavy atom. The number of benzene rings is 2. The predicted octanol–water partition coefficient (Wildman–Crippen LogP) is 4.74. The van der Waals surface area contributed by atoms with Crippen LogP contribution >= 0.6 is 0 Å². The van der Waals surface area contributed by atoms with E-state index < -0.39 is 41.5 Å². The highest BCUT2D eigenvalue weighted by molar-refractivity contribution is 5.96. The standard InChI is InChI=1S/C22H24F3N3O2/c1-12(2)8-20(21(29)26-13(3)17-6-4-16(24)10-18(17)25)28-11-14-9-15(23)5-7-19(14)27-22(28)30/h4-7,9-10,12-13,20H,8,11H2,1-3H3,(H,26,29)(H,27,30)/t13-,20-/m0/s1. The number of nitrogens with zero attached hydrogens (tertiary/aromatic N) is 1. The van der Waals surface area contributed by atoms with Gasteiger partial charge in [-0.05, 0) is 49.1 Å². The van der Waals surface area contributed by atoms with Gasteiger partial charge in [-0.2, -0.15) is 0 Å². The zero-order valence-electron chi connectivity index (χ0n) is 17.0. The van der Waals surface area contributed by atoms with Crippen molar-refractivity contribution in [3.05, 3.63) is 65.0 Å². The fourth-order valence-electron chi connectivity index (χ4n) is 3.57. The molecule has 0 radical (unpaired) electrons. The predicted molar refractivity (Wildman–Crippen MR) is 107 cm³/mol. The number of rotatable bonds is 6. The van der Waals surface area contributed by atoms with Crippen LogP contribution in [0.5, 0.6) is 0 Å². The summed E-state index contributed by atoms with van der Waals surface area (Å²) in [4.78, 5) is 27.1. The van der Waals surface area contributed by atoms with Gasteiger partial charge in [0.05, 0.1) is 12.6 Å². The quantitative estimate of drug-likeness (QED) is 0.710. The number of carbonyl (C=O) groups is 2. The van der Waals surface area contributed by atoms with Gasteiger partial charge in [0, 0.05) is 17.3 Å². The Bertz CT molecular complexity index is 965. The molecule has 160 valence electrons. The number of urea groups is 1. The van der Waals surface area contributed by atoms with Gasteiger partial charge in [0.15, 0.2) is 0 Å². The Morgan fingerprint density at radius 3 is 2.43 bits per heavy atom. The van der Waals surface area contributed by atoms with Crippen LogP contribution in [-0.2, 0) is 11.3 Å². The van der Waals surface area contributed by atoms with Crippen molar-refractivity contribution < 1.29 is 22.8 Å². The Morgan fingerprint density at radius 2 is 1.77 bits per heavy atom. The van der Waals surface area contributed by atoms with Gasteiger partial charge in [0.1, 0.15) is 23.5 Å². The van der Waals surface area contributed by atoms with E-state index in [9.17, 15) is 22.8 Å². The maximum absolute atomic E-state index is 14.1. The Hall–Kier alpha value is -3.03. The summed E-state index contributed by atoms with van der Waals surface area (Å²) >= 11 is 0. The lowest BCUT2D eigenvalue weighted by Crippen LogP contribution is -2.53. The number of hydrogen-bond donors (Lipinski definition) is 2. The maximum atomic E-state index is 14.1. The number of hydrogen-bond acceptors (Lipinski definition) is 2. The zero-order chi connectivity index (χ0) is 22.0. The SMILES string of the molecule is CC(C)C[C@@H](C(=O)N[C@@H](C)c1ccc(F)cc1F)N1Cc2cc(F)ccc2NC1=O. The fourth-order valence-corrected chi connectivity index (χ4v) is 3.57. The summed E-state index contributed by atoms with van der Waals surface area (Å²) in [5.74, 6) is -2.28. The molecule has 1 heterocycles. The van der Waals surface area contributed by atoms with Crippen LogP contribution in [-0.4, -0.2) is 22.9 Å². The monoisotopic (exact) mass is 419 g/mol. The highest BCUT2D eigenvalue weighted by Crippen LogP contribution is 2.28. The molecule has 0 bridgehead atoms. The van der Waals surface area contributed by atoms with Crippen LogP contribution in [0.15, 0.2) is 36.4 Å². The van der Waals surface area contributed by atoms with Crippen molar-refractivity contribution in [3.63, 3.8) is 0 Å². The molecular weight excluding hydrogens is 395 g/mol. The number of anilines is 1. The third kappa shape index (κ3) is 4.75. The van der Waals surface area contributed by atoms with E-state index in [-0.39, 0.29) is 18.0 Å². The molecule has 0 saturated heterocycles. The Labute approximate surface area is 173 Å². The molecule has 0 spiro atoms. The lowest BCUT2D eigenvalue weighted by atomic mass is 9.99. The minimum atomic E-state index is -0.840. The molecule has 2 atom stereocenters. The second-order valence-electron chi connectivity index (χ2n) is 7.90. The number of nitrogens with one attached hydrogen (secondary N) is 2. The van der Waals surface area contributed by atoms with Gasteiger partial charge in [0.25, 0.3) is 0 Å². The van der Waals surface area contributed by atoms with E-state index in [0.29, 0.717) is 17.7 Å². The summed E-state index contributed by atoms with van der Waals surface area (Å²) in [5, 5.41) is 5.40. The van der Waals surface area contributed by atoms with Crippen molar-refractivity contribution in [2.45, 2.75) is 45.8 Å². The number of amides is 3. The first kappa shape index (κ1) is 21.7. The third-order valence-corrected chi connectivity index (χ3v) is 5.07. The van der Waals surface area contributed by atoms with E-state index in [2.05, 4.69) is 10.6 Å². The van der Waals surface area contributed by atoms with E-state index >= 15 is 0 Å². The molecule has 2 N–H and O–H groups in total. The first-order valence-electron chi connectivity index (χ1n) is 9.77. The van der Waals surface area contributed by atoms with Crippen molar-refractivity contribution in [1.29, 1.82) is 0 Å². The van der Waals surface area contributed by atoms with Crippen LogP contribution in [0.25, 0.3) is 0 Å². The second-order valence-corrected chi connectivity index (χ2v) is 7.90. The Kier molecular flexibility index (Phi) is 6.34. The second kappa shape index (κ2) is 8.77. The molecule has 1 aliphatic heterocycles. The Balaban J connectivity index is 1.83. The van der Waals surface area contributed by atoms with Crippen molar-refractivity contribution in [2.24, 2.45) is 5.92 Å². The van der Waals surface area contributed by atoms with Crippen molar-refractivity contribution in [3.8, 4) is 0 Å². The van der Waals surface area contributed by atoms with Gasteiger partial charge in [0.2, 0.25) is 5.91 Å². The normalized spacial score (nSPS) is 15.4. The molecule has 3 amide bonds. The summed E-state index contributed by atoms with van der Waals surface area (Å²) in [6.07, 6.45) is 0.364.